The fraction of sp³-hybridized carbons (Fsp3) is 0.458. The van der Waals surface area contributed by atoms with Crippen LogP contribution in [0, 0.1) is 17.6 Å². The third-order valence-electron chi connectivity index (χ3n) is 6.78. The van der Waals surface area contributed by atoms with Crippen molar-refractivity contribution in [1.29, 1.82) is 0 Å². The molecule has 0 unspecified atom stereocenters. The predicted octanol–water partition coefficient (Wildman–Crippen LogP) is 3.06. The molecule has 2 heterocycles. The monoisotopic (exact) mass is 430 g/mol. The zero-order valence-corrected chi connectivity index (χ0v) is 17.8. The highest BCUT2D eigenvalue weighted by atomic mass is 19.1. The first kappa shape index (κ1) is 21.9. The molecule has 1 amide bonds. The van der Waals surface area contributed by atoms with E-state index in [0.717, 1.165) is 11.6 Å². The molecule has 0 saturated carbocycles. The summed E-state index contributed by atoms with van der Waals surface area (Å²) in [5.41, 5.74) is 0.759. The van der Waals surface area contributed by atoms with Crippen LogP contribution in [0.25, 0.3) is 0 Å². The Morgan fingerprint density at radius 2 is 1.90 bits per heavy atom. The molecule has 2 aromatic carbocycles. The fourth-order valence-electron chi connectivity index (χ4n) is 5.07. The number of benzene rings is 2. The molecule has 2 aliphatic rings. The maximum atomic E-state index is 14.4. The zero-order chi connectivity index (χ0) is 22.0. The number of piperidine rings is 1. The van der Waals surface area contributed by atoms with Crippen LogP contribution in [0.4, 0.5) is 8.78 Å². The Morgan fingerprint density at radius 1 is 1.13 bits per heavy atom. The van der Waals surface area contributed by atoms with Gasteiger partial charge in [0.05, 0.1) is 12.5 Å². The number of methoxy groups -OCH3 is 2. The summed E-state index contributed by atoms with van der Waals surface area (Å²) in [7, 11) is 3.30. The van der Waals surface area contributed by atoms with Crippen molar-refractivity contribution in [2.45, 2.75) is 24.0 Å². The maximum absolute atomic E-state index is 14.4. The molecule has 2 saturated heterocycles. The van der Waals surface area contributed by atoms with Gasteiger partial charge in [0.15, 0.2) is 0 Å². The lowest BCUT2D eigenvalue weighted by Crippen LogP contribution is -2.57. The number of amides is 1. The molecule has 7 heteroatoms. The number of hydrogen-bond donors (Lipinski definition) is 1. The molecule has 4 atom stereocenters. The van der Waals surface area contributed by atoms with Crippen molar-refractivity contribution in [3.8, 4) is 0 Å². The first-order valence-electron chi connectivity index (χ1n) is 10.6. The second-order valence-corrected chi connectivity index (χ2v) is 8.26. The minimum atomic E-state index is -0.636. The van der Waals surface area contributed by atoms with Crippen LogP contribution in [0.3, 0.4) is 0 Å². The molecule has 2 aliphatic heterocycles. The van der Waals surface area contributed by atoms with Gasteiger partial charge in [-0.15, -0.1) is 0 Å². The van der Waals surface area contributed by atoms with E-state index in [0.29, 0.717) is 38.2 Å². The van der Waals surface area contributed by atoms with Gasteiger partial charge in [0.2, 0.25) is 5.91 Å². The molecule has 4 rings (SSSR count). The molecule has 166 valence electrons. The van der Waals surface area contributed by atoms with Crippen molar-refractivity contribution < 1.29 is 23.0 Å². The Bertz CT molecular complexity index is 926. The molecule has 31 heavy (non-hydrogen) atoms. The van der Waals surface area contributed by atoms with Gasteiger partial charge in [-0.25, -0.2) is 8.78 Å². The average molecular weight is 430 g/mol. The second kappa shape index (κ2) is 9.02. The van der Waals surface area contributed by atoms with Gasteiger partial charge in [-0.3, -0.25) is 4.79 Å². The Balaban J connectivity index is 1.54. The predicted molar refractivity (Wildman–Crippen MR) is 113 cm³/mol. The third kappa shape index (κ3) is 3.97. The minimum Gasteiger partial charge on any atom is -0.376 e. The van der Waals surface area contributed by atoms with Gasteiger partial charge in [-0.1, -0.05) is 36.4 Å². The number of rotatable bonds is 5. The van der Waals surface area contributed by atoms with Gasteiger partial charge in [0.25, 0.3) is 0 Å². The lowest BCUT2D eigenvalue weighted by molar-refractivity contribution is -0.170. The van der Waals surface area contributed by atoms with Crippen LogP contribution in [-0.2, 0) is 19.9 Å². The molecule has 0 aromatic heterocycles. The van der Waals surface area contributed by atoms with Gasteiger partial charge >= 0.3 is 0 Å². The third-order valence-corrected chi connectivity index (χ3v) is 6.78. The van der Waals surface area contributed by atoms with Crippen LogP contribution in [0.2, 0.25) is 0 Å². The summed E-state index contributed by atoms with van der Waals surface area (Å²) in [5, 5.41) is 3.20. The molecule has 1 N–H and O–H groups in total. The lowest BCUT2D eigenvalue weighted by Gasteiger charge is -2.47. The van der Waals surface area contributed by atoms with Gasteiger partial charge in [0, 0.05) is 52.3 Å². The van der Waals surface area contributed by atoms with Crippen molar-refractivity contribution >= 4 is 5.91 Å². The first-order chi connectivity index (χ1) is 15.0. The number of carbonyl (C=O) groups excluding carboxylic acids is 1. The normalized spacial score (nSPS) is 28.6. The number of likely N-dealkylation sites (tertiary alicyclic amines) is 1. The van der Waals surface area contributed by atoms with Crippen molar-refractivity contribution in [3.05, 3.63) is 71.3 Å². The zero-order valence-electron chi connectivity index (χ0n) is 17.8. The van der Waals surface area contributed by atoms with E-state index >= 15 is 0 Å². The molecule has 2 aromatic rings. The summed E-state index contributed by atoms with van der Waals surface area (Å²) in [6.07, 6.45) is 0.251. The number of nitrogens with one attached hydrogen (secondary N) is 1. The lowest BCUT2D eigenvalue weighted by atomic mass is 9.80. The van der Waals surface area contributed by atoms with Crippen LogP contribution >= 0.6 is 0 Å². The number of nitrogens with zero attached hydrogens (tertiary/aromatic N) is 1. The quantitative estimate of drug-likeness (QED) is 0.792. The van der Waals surface area contributed by atoms with Crippen molar-refractivity contribution in [2.75, 3.05) is 40.4 Å². The molecule has 0 aliphatic carbocycles. The van der Waals surface area contributed by atoms with E-state index in [-0.39, 0.29) is 17.9 Å². The molecule has 0 bridgehead atoms. The van der Waals surface area contributed by atoms with Crippen LogP contribution in [0.1, 0.15) is 23.5 Å². The first-order valence-corrected chi connectivity index (χ1v) is 10.6. The minimum absolute atomic E-state index is 0.0430. The highest BCUT2D eigenvalue weighted by Crippen LogP contribution is 2.39. The molecule has 0 radical (unpaired) electrons. The van der Waals surface area contributed by atoms with Gasteiger partial charge in [0.1, 0.15) is 23.3 Å². The molecule has 0 spiro atoms. The largest absolute Gasteiger partial charge is 0.376 e. The Hall–Kier alpha value is -2.35. The number of hydrogen-bond acceptors (Lipinski definition) is 4. The Morgan fingerprint density at radius 3 is 2.58 bits per heavy atom. The van der Waals surface area contributed by atoms with E-state index < -0.39 is 23.2 Å². The summed E-state index contributed by atoms with van der Waals surface area (Å²) < 4.78 is 39.5. The van der Waals surface area contributed by atoms with E-state index in [9.17, 15) is 13.6 Å². The van der Waals surface area contributed by atoms with Crippen molar-refractivity contribution in [1.82, 2.24) is 10.2 Å². The van der Waals surface area contributed by atoms with Crippen LogP contribution in [-0.4, -0.2) is 57.3 Å². The Kier molecular flexibility index (Phi) is 6.36. The molecule has 5 nitrogen and oxygen atoms in total. The van der Waals surface area contributed by atoms with Crippen LogP contribution in [0.5, 0.6) is 0 Å². The fourth-order valence-corrected chi connectivity index (χ4v) is 5.07. The highest BCUT2D eigenvalue weighted by Gasteiger charge is 2.48. The second-order valence-electron chi connectivity index (χ2n) is 8.26. The van der Waals surface area contributed by atoms with E-state index in [4.69, 9.17) is 9.47 Å². The smallest absolute Gasteiger partial charge is 0.227 e. The summed E-state index contributed by atoms with van der Waals surface area (Å²) in [5.74, 6) is -2.02. The number of ether oxygens (including phenoxy) is 2. The van der Waals surface area contributed by atoms with Gasteiger partial charge < -0.3 is 19.7 Å². The average Bonchev–Trinajstić information content (AvgIpc) is 3.28. The standard InChI is InChI=1S/C24H28F2N2O3/c1-30-22-15-28(11-10-24(22,31-2)16-6-4-3-5-7-16)23(29)20-14-27-13-19(20)18-9-8-17(25)12-21(18)26/h3-9,12,19-20,22,27H,10-11,13-15H2,1-2H3/t19-,20+,22-,24-/m0/s1. The van der Waals surface area contributed by atoms with E-state index in [1.807, 2.05) is 30.3 Å². The summed E-state index contributed by atoms with van der Waals surface area (Å²) in [6.45, 7) is 1.83. The SMILES string of the molecule is CO[C@H]1CN(C(=O)[C@@H]2CNC[C@H]2c2ccc(F)cc2F)CC[C@]1(OC)c1ccccc1. The molecular formula is C24H28F2N2O3. The number of halogens is 2. The van der Waals surface area contributed by atoms with E-state index in [1.165, 1.54) is 12.1 Å². The Labute approximate surface area is 181 Å². The molecule has 2 fully saturated rings. The molecular weight excluding hydrogens is 402 g/mol. The summed E-state index contributed by atoms with van der Waals surface area (Å²) in [4.78, 5) is 15.2. The van der Waals surface area contributed by atoms with Crippen LogP contribution in [0.15, 0.2) is 48.5 Å². The van der Waals surface area contributed by atoms with Gasteiger partial charge in [-0.2, -0.15) is 0 Å². The topological polar surface area (TPSA) is 50.8 Å². The van der Waals surface area contributed by atoms with Crippen molar-refractivity contribution in [3.63, 3.8) is 0 Å². The van der Waals surface area contributed by atoms with E-state index in [2.05, 4.69) is 5.32 Å². The van der Waals surface area contributed by atoms with Crippen LogP contribution < -0.4 is 5.32 Å². The summed E-state index contributed by atoms with van der Waals surface area (Å²) in [6, 6.07) is 13.5. The van der Waals surface area contributed by atoms with Crippen molar-refractivity contribution in [2.24, 2.45) is 5.92 Å². The van der Waals surface area contributed by atoms with Gasteiger partial charge in [-0.05, 0) is 17.2 Å². The highest BCUT2D eigenvalue weighted by molar-refractivity contribution is 5.81. The van der Waals surface area contributed by atoms with E-state index in [1.54, 1.807) is 19.1 Å². The maximum Gasteiger partial charge on any atom is 0.227 e. The number of carbonyl (C=O) groups is 1. The summed E-state index contributed by atoms with van der Waals surface area (Å²) >= 11 is 0.